The molecule has 0 bridgehead atoms. The number of nitrogens with zero attached hydrogens (tertiary/aromatic N) is 1. The maximum Gasteiger partial charge on any atom is 0.179 e. The third kappa shape index (κ3) is 4.42. The summed E-state index contributed by atoms with van der Waals surface area (Å²) in [6.07, 6.45) is 0.950. The van der Waals surface area contributed by atoms with Gasteiger partial charge in [-0.15, -0.1) is 0 Å². The van der Waals surface area contributed by atoms with E-state index in [9.17, 15) is 4.79 Å². The van der Waals surface area contributed by atoms with Gasteiger partial charge in [0.2, 0.25) is 0 Å². The zero-order valence-electron chi connectivity index (χ0n) is 11.7. The van der Waals surface area contributed by atoms with Gasteiger partial charge in [0.05, 0.1) is 19.3 Å². The van der Waals surface area contributed by atoms with Gasteiger partial charge in [-0.1, -0.05) is 31.2 Å². The molecule has 19 heavy (non-hydrogen) atoms. The Hall–Kier alpha value is -1.23. The van der Waals surface area contributed by atoms with Crippen LogP contribution in [0.15, 0.2) is 24.3 Å². The zero-order chi connectivity index (χ0) is 14.3. The van der Waals surface area contributed by atoms with Crippen molar-refractivity contribution in [1.82, 2.24) is 4.90 Å². The Kier molecular flexibility index (Phi) is 6.70. The van der Waals surface area contributed by atoms with Gasteiger partial charge >= 0.3 is 0 Å². The van der Waals surface area contributed by atoms with Gasteiger partial charge in [0.1, 0.15) is 0 Å². The van der Waals surface area contributed by atoms with Crippen molar-refractivity contribution in [3.63, 3.8) is 0 Å². The topological polar surface area (TPSA) is 60.8 Å². The Balaban J connectivity index is 2.78. The van der Waals surface area contributed by atoms with Crippen LogP contribution in [0.1, 0.15) is 29.8 Å². The molecule has 0 saturated heterocycles. The number of ketones is 1. The van der Waals surface area contributed by atoms with Gasteiger partial charge in [-0.2, -0.15) is 0 Å². The Morgan fingerprint density at radius 3 is 2.11 bits per heavy atom. The molecule has 0 aromatic heterocycles. The van der Waals surface area contributed by atoms with Crippen LogP contribution in [-0.4, -0.2) is 53.2 Å². The minimum atomic E-state index is -0.341. The van der Waals surface area contributed by atoms with E-state index in [-0.39, 0.29) is 25.0 Å². The first-order valence-electron chi connectivity index (χ1n) is 6.73. The fraction of sp³-hybridized carbons (Fsp3) is 0.533. The van der Waals surface area contributed by atoms with Crippen molar-refractivity contribution in [3.8, 4) is 0 Å². The molecule has 0 aliphatic carbocycles. The Bertz CT molecular complexity index is 383. The smallest absolute Gasteiger partial charge is 0.179 e. The first-order valence-corrected chi connectivity index (χ1v) is 6.73. The SMILES string of the molecule is CCc1ccc(C(=O)C(C)N(CCO)CCO)cc1. The highest BCUT2D eigenvalue weighted by molar-refractivity contribution is 5.99. The molecule has 4 heteroatoms. The second-order valence-electron chi connectivity index (χ2n) is 4.57. The fourth-order valence-corrected chi connectivity index (χ4v) is 2.07. The molecule has 4 nitrogen and oxygen atoms in total. The number of Topliss-reactive ketones (excluding diaryl/α,β-unsaturated/α-hetero) is 1. The summed E-state index contributed by atoms with van der Waals surface area (Å²) < 4.78 is 0. The molecule has 0 radical (unpaired) electrons. The number of aryl methyl sites for hydroxylation is 1. The third-order valence-electron chi connectivity index (χ3n) is 3.35. The number of carbonyl (C=O) groups is 1. The Labute approximate surface area is 114 Å². The van der Waals surface area contributed by atoms with E-state index in [4.69, 9.17) is 10.2 Å². The molecular formula is C15H23NO3. The van der Waals surface area contributed by atoms with E-state index in [2.05, 4.69) is 6.92 Å². The quantitative estimate of drug-likeness (QED) is 0.691. The molecule has 1 atom stereocenters. The van der Waals surface area contributed by atoms with Crippen molar-refractivity contribution in [3.05, 3.63) is 35.4 Å². The molecule has 0 spiro atoms. The van der Waals surface area contributed by atoms with Gasteiger partial charge in [0.15, 0.2) is 5.78 Å². The summed E-state index contributed by atoms with van der Waals surface area (Å²) in [5.74, 6) is 0.0181. The largest absolute Gasteiger partial charge is 0.395 e. The second kappa shape index (κ2) is 8.04. The van der Waals surface area contributed by atoms with Crippen molar-refractivity contribution in [2.45, 2.75) is 26.3 Å². The van der Waals surface area contributed by atoms with Crippen LogP contribution in [0.5, 0.6) is 0 Å². The van der Waals surface area contributed by atoms with Crippen LogP contribution < -0.4 is 0 Å². The summed E-state index contributed by atoms with van der Waals surface area (Å²) in [5, 5.41) is 18.0. The minimum Gasteiger partial charge on any atom is -0.395 e. The summed E-state index contributed by atoms with van der Waals surface area (Å²) in [4.78, 5) is 14.1. The molecule has 0 aliphatic heterocycles. The van der Waals surface area contributed by atoms with Gasteiger partial charge in [-0.05, 0) is 18.9 Å². The molecule has 106 valence electrons. The molecule has 0 amide bonds. The predicted molar refractivity (Wildman–Crippen MR) is 75.4 cm³/mol. The second-order valence-corrected chi connectivity index (χ2v) is 4.57. The number of aliphatic hydroxyl groups is 2. The average Bonchev–Trinajstić information content (AvgIpc) is 2.45. The molecule has 2 N–H and O–H groups in total. The van der Waals surface area contributed by atoms with Gasteiger partial charge in [-0.3, -0.25) is 9.69 Å². The number of hydrogen-bond acceptors (Lipinski definition) is 4. The van der Waals surface area contributed by atoms with Gasteiger partial charge in [0.25, 0.3) is 0 Å². The van der Waals surface area contributed by atoms with Crippen LogP contribution in [0.2, 0.25) is 0 Å². The van der Waals surface area contributed by atoms with Crippen LogP contribution in [0, 0.1) is 0 Å². The normalized spacial score (nSPS) is 12.7. The molecular weight excluding hydrogens is 242 g/mol. The first kappa shape index (κ1) is 15.8. The highest BCUT2D eigenvalue weighted by Crippen LogP contribution is 2.11. The van der Waals surface area contributed by atoms with Crippen molar-refractivity contribution >= 4 is 5.78 Å². The molecule has 0 saturated carbocycles. The summed E-state index contributed by atoms with van der Waals surface area (Å²) >= 11 is 0. The molecule has 1 aromatic carbocycles. The minimum absolute atomic E-state index is 0.0181. The highest BCUT2D eigenvalue weighted by Gasteiger charge is 2.21. The molecule has 0 heterocycles. The Morgan fingerprint density at radius 1 is 1.16 bits per heavy atom. The van der Waals surface area contributed by atoms with Crippen molar-refractivity contribution in [2.24, 2.45) is 0 Å². The van der Waals surface area contributed by atoms with Gasteiger partial charge in [0, 0.05) is 18.7 Å². The van der Waals surface area contributed by atoms with E-state index < -0.39 is 0 Å². The predicted octanol–water partition coefficient (Wildman–Crippen LogP) is 1.11. The van der Waals surface area contributed by atoms with E-state index >= 15 is 0 Å². The van der Waals surface area contributed by atoms with E-state index in [1.165, 1.54) is 5.56 Å². The van der Waals surface area contributed by atoms with Crippen molar-refractivity contribution in [1.29, 1.82) is 0 Å². The van der Waals surface area contributed by atoms with Crippen LogP contribution in [0.25, 0.3) is 0 Å². The molecule has 1 unspecified atom stereocenters. The standard InChI is InChI=1S/C15H23NO3/c1-3-13-4-6-14(7-5-13)15(19)12(2)16(8-10-17)9-11-18/h4-7,12,17-18H,3,8-11H2,1-2H3. The number of carbonyl (C=O) groups excluding carboxylic acids is 1. The molecule has 0 fully saturated rings. The lowest BCUT2D eigenvalue weighted by molar-refractivity contribution is 0.0769. The Morgan fingerprint density at radius 2 is 1.68 bits per heavy atom. The number of hydrogen-bond donors (Lipinski definition) is 2. The fourth-order valence-electron chi connectivity index (χ4n) is 2.07. The average molecular weight is 265 g/mol. The van der Waals surface area contributed by atoms with Crippen LogP contribution in [0.3, 0.4) is 0 Å². The molecule has 0 aliphatic rings. The number of aliphatic hydroxyl groups excluding tert-OH is 2. The maximum atomic E-state index is 12.3. The van der Waals surface area contributed by atoms with Gasteiger partial charge < -0.3 is 10.2 Å². The highest BCUT2D eigenvalue weighted by atomic mass is 16.3. The summed E-state index contributed by atoms with van der Waals surface area (Å²) in [6, 6.07) is 7.26. The van der Waals surface area contributed by atoms with Gasteiger partial charge in [-0.25, -0.2) is 0 Å². The zero-order valence-corrected chi connectivity index (χ0v) is 11.7. The van der Waals surface area contributed by atoms with E-state index in [1.54, 1.807) is 11.8 Å². The van der Waals surface area contributed by atoms with Crippen LogP contribution in [0.4, 0.5) is 0 Å². The lowest BCUT2D eigenvalue weighted by atomic mass is 10.0. The van der Waals surface area contributed by atoms with E-state index in [1.807, 2.05) is 24.3 Å². The number of rotatable bonds is 8. The van der Waals surface area contributed by atoms with Crippen molar-refractivity contribution in [2.75, 3.05) is 26.3 Å². The van der Waals surface area contributed by atoms with E-state index in [0.717, 1.165) is 6.42 Å². The molecule has 1 aromatic rings. The van der Waals surface area contributed by atoms with Crippen LogP contribution in [-0.2, 0) is 6.42 Å². The summed E-state index contributed by atoms with van der Waals surface area (Å²) in [5.41, 5.74) is 1.87. The summed E-state index contributed by atoms with van der Waals surface area (Å²) in [6.45, 7) is 4.62. The van der Waals surface area contributed by atoms with Crippen molar-refractivity contribution < 1.29 is 15.0 Å². The molecule has 1 rings (SSSR count). The monoisotopic (exact) mass is 265 g/mol. The lowest BCUT2D eigenvalue weighted by Crippen LogP contribution is -2.42. The summed E-state index contributed by atoms with van der Waals surface area (Å²) in [7, 11) is 0. The van der Waals surface area contributed by atoms with Crippen LogP contribution >= 0.6 is 0 Å². The first-order chi connectivity index (χ1) is 9.13. The maximum absolute atomic E-state index is 12.3. The third-order valence-corrected chi connectivity index (χ3v) is 3.35. The van der Waals surface area contributed by atoms with E-state index in [0.29, 0.717) is 18.7 Å². The number of benzene rings is 1. The lowest BCUT2D eigenvalue weighted by Gasteiger charge is -2.26.